The van der Waals surface area contributed by atoms with E-state index in [-0.39, 0.29) is 17.7 Å². The molecule has 1 fully saturated rings. The summed E-state index contributed by atoms with van der Waals surface area (Å²) >= 11 is 0. The van der Waals surface area contributed by atoms with Crippen LogP contribution in [-0.2, 0) is 0 Å². The molecule has 1 aromatic carbocycles. The van der Waals surface area contributed by atoms with Gasteiger partial charge in [0.1, 0.15) is 11.6 Å². The third-order valence-corrected chi connectivity index (χ3v) is 3.93. The number of halogens is 2. The van der Waals surface area contributed by atoms with Crippen LogP contribution < -0.4 is 5.32 Å². The predicted octanol–water partition coefficient (Wildman–Crippen LogP) is 3.35. The zero-order chi connectivity index (χ0) is 14.5. The van der Waals surface area contributed by atoms with Crippen molar-refractivity contribution < 1.29 is 8.78 Å². The molecule has 0 saturated carbocycles. The molecule has 0 spiro atoms. The lowest BCUT2D eigenvalue weighted by atomic mass is 9.95. The quantitative estimate of drug-likeness (QED) is 0.891. The van der Waals surface area contributed by atoms with E-state index >= 15 is 0 Å². The number of piperazine rings is 1. The maximum absolute atomic E-state index is 14.1. The Kier molecular flexibility index (Phi) is 5.49. The first-order chi connectivity index (χ1) is 9.58. The molecule has 2 rings (SSSR count). The highest BCUT2D eigenvalue weighted by Crippen LogP contribution is 2.30. The minimum Gasteiger partial charge on any atom is -0.314 e. The lowest BCUT2D eigenvalue weighted by Crippen LogP contribution is -2.45. The van der Waals surface area contributed by atoms with Crippen molar-refractivity contribution in [2.45, 2.75) is 32.7 Å². The summed E-state index contributed by atoms with van der Waals surface area (Å²) < 4.78 is 27.6. The van der Waals surface area contributed by atoms with Crippen molar-refractivity contribution in [2.75, 3.05) is 26.2 Å². The van der Waals surface area contributed by atoms with Crippen LogP contribution in [0.2, 0.25) is 0 Å². The first-order valence-electron chi connectivity index (χ1n) is 7.47. The van der Waals surface area contributed by atoms with Gasteiger partial charge in [-0.2, -0.15) is 0 Å². The van der Waals surface area contributed by atoms with Crippen molar-refractivity contribution >= 4 is 0 Å². The van der Waals surface area contributed by atoms with Gasteiger partial charge < -0.3 is 5.32 Å². The van der Waals surface area contributed by atoms with E-state index in [9.17, 15) is 8.78 Å². The maximum atomic E-state index is 14.1. The average molecular weight is 282 g/mol. The highest BCUT2D eigenvalue weighted by molar-refractivity contribution is 5.22. The second-order valence-corrected chi connectivity index (χ2v) is 5.94. The van der Waals surface area contributed by atoms with Gasteiger partial charge in [-0.15, -0.1) is 0 Å². The molecule has 1 N–H and O–H groups in total. The Hall–Kier alpha value is -1.00. The topological polar surface area (TPSA) is 15.3 Å². The van der Waals surface area contributed by atoms with Gasteiger partial charge in [0, 0.05) is 37.8 Å². The average Bonchev–Trinajstić information content (AvgIpc) is 2.43. The van der Waals surface area contributed by atoms with Crippen LogP contribution in [0.15, 0.2) is 18.2 Å². The summed E-state index contributed by atoms with van der Waals surface area (Å²) in [6.07, 6.45) is 1.89. The van der Waals surface area contributed by atoms with Gasteiger partial charge in [-0.05, 0) is 37.0 Å². The second-order valence-electron chi connectivity index (χ2n) is 5.94. The molecule has 2 nitrogen and oxygen atoms in total. The van der Waals surface area contributed by atoms with Crippen LogP contribution in [-0.4, -0.2) is 31.1 Å². The monoisotopic (exact) mass is 282 g/mol. The fourth-order valence-electron chi connectivity index (χ4n) is 2.79. The van der Waals surface area contributed by atoms with Crippen molar-refractivity contribution in [3.8, 4) is 0 Å². The molecule has 1 aliphatic heterocycles. The molecular formula is C16H24F2N2. The molecule has 0 radical (unpaired) electrons. The summed E-state index contributed by atoms with van der Waals surface area (Å²) in [5.74, 6) is -0.0817. The van der Waals surface area contributed by atoms with Gasteiger partial charge in [-0.1, -0.05) is 13.8 Å². The molecule has 0 bridgehead atoms. The van der Waals surface area contributed by atoms with Gasteiger partial charge in [0.15, 0.2) is 0 Å². The maximum Gasteiger partial charge on any atom is 0.128 e. The van der Waals surface area contributed by atoms with Crippen LogP contribution in [0.25, 0.3) is 0 Å². The van der Waals surface area contributed by atoms with E-state index in [0.717, 1.165) is 39.0 Å². The fraction of sp³-hybridized carbons (Fsp3) is 0.625. The lowest BCUT2D eigenvalue weighted by Gasteiger charge is -2.35. The molecule has 112 valence electrons. The number of nitrogens with zero attached hydrogens (tertiary/aromatic N) is 1. The molecule has 1 aliphatic rings. The highest BCUT2D eigenvalue weighted by atomic mass is 19.1. The van der Waals surface area contributed by atoms with Gasteiger partial charge in [0.2, 0.25) is 0 Å². The number of benzene rings is 1. The number of hydrogen-bond donors (Lipinski definition) is 1. The van der Waals surface area contributed by atoms with Crippen molar-refractivity contribution in [3.05, 3.63) is 35.4 Å². The van der Waals surface area contributed by atoms with Gasteiger partial charge in [0.05, 0.1) is 0 Å². The van der Waals surface area contributed by atoms with Gasteiger partial charge in [-0.25, -0.2) is 8.78 Å². The fourth-order valence-corrected chi connectivity index (χ4v) is 2.79. The molecule has 4 heteroatoms. The van der Waals surface area contributed by atoms with Gasteiger partial charge in [0.25, 0.3) is 0 Å². The number of rotatable bonds is 5. The van der Waals surface area contributed by atoms with Crippen LogP contribution in [0.3, 0.4) is 0 Å². The van der Waals surface area contributed by atoms with Crippen LogP contribution in [0.4, 0.5) is 8.78 Å². The molecule has 20 heavy (non-hydrogen) atoms. The Morgan fingerprint density at radius 1 is 1.15 bits per heavy atom. The molecule has 1 heterocycles. The Balaban J connectivity index is 2.21. The number of nitrogens with one attached hydrogen (secondary N) is 1. The van der Waals surface area contributed by atoms with Crippen LogP contribution >= 0.6 is 0 Å². The first kappa shape index (κ1) is 15.4. The standard InChI is InChI=1S/C16H24F2N2/c1-12(2)3-6-16(20-9-7-19-8-10-20)14-11-13(17)4-5-15(14)18/h4-5,11-12,16,19H,3,6-10H2,1-2H3/t16-/m1/s1. The molecular weight excluding hydrogens is 258 g/mol. The number of hydrogen-bond acceptors (Lipinski definition) is 2. The van der Waals surface area contributed by atoms with Crippen molar-refractivity contribution in [3.63, 3.8) is 0 Å². The Morgan fingerprint density at radius 3 is 2.50 bits per heavy atom. The van der Waals surface area contributed by atoms with Gasteiger partial charge >= 0.3 is 0 Å². The van der Waals surface area contributed by atoms with E-state index in [1.54, 1.807) is 0 Å². The van der Waals surface area contributed by atoms with Crippen molar-refractivity contribution in [1.82, 2.24) is 10.2 Å². The van der Waals surface area contributed by atoms with E-state index in [2.05, 4.69) is 24.1 Å². The molecule has 0 aliphatic carbocycles. The predicted molar refractivity (Wildman–Crippen MR) is 77.6 cm³/mol. The normalized spacial score (nSPS) is 18.4. The molecule has 0 unspecified atom stereocenters. The minimum absolute atomic E-state index is 0.0183. The molecule has 1 saturated heterocycles. The Labute approximate surface area is 120 Å². The summed E-state index contributed by atoms with van der Waals surface area (Å²) in [5, 5.41) is 3.30. The van der Waals surface area contributed by atoms with E-state index in [4.69, 9.17) is 0 Å². The lowest BCUT2D eigenvalue weighted by molar-refractivity contribution is 0.156. The summed E-state index contributed by atoms with van der Waals surface area (Å²) in [7, 11) is 0. The minimum atomic E-state index is -0.355. The summed E-state index contributed by atoms with van der Waals surface area (Å²) in [4.78, 5) is 2.27. The Bertz CT molecular complexity index is 428. The molecule has 1 atom stereocenters. The molecule has 0 amide bonds. The van der Waals surface area contributed by atoms with Crippen LogP contribution in [0.1, 0.15) is 38.3 Å². The zero-order valence-electron chi connectivity index (χ0n) is 12.3. The van der Waals surface area contributed by atoms with Crippen molar-refractivity contribution in [2.24, 2.45) is 5.92 Å². The van der Waals surface area contributed by atoms with Crippen LogP contribution in [0, 0.1) is 17.6 Å². The van der Waals surface area contributed by atoms with E-state index in [0.29, 0.717) is 11.5 Å². The second kappa shape index (κ2) is 7.14. The van der Waals surface area contributed by atoms with E-state index < -0.39 is 0 Å². The summed E-state index contributed by atoms with van der Waals surface area (Å²) in [6.45, 7) is 7.93. The van der Waals surface area contributed by atoms with Crippen LogP contribution in [0.5, 0.6) is 0 Å². The van der Waals surface area contributed by atoms with Crippen molar-refractivity contribution in [1.29, 1.82) is 0 Å². The first-order valence-corrected chi connectivity index (χ1v) is 7.47. The van der Waals surface area contributed by atoms with E-state index in [1.807, 2.05) is 0 Å². The largest absolute Gasteiger partial charge is 0.314 e. The SMILES string of the molecule is CC(C)CC[C@H](c1cc(F)ccc1F)N1CCNCC1. The third kappa shape index (κ3) is 4.00. The Morgan fingerprint density at radius 2 is 1.85 bits per heavy atom. The molecule has 0 aromatic heterocycles. The van der Waals surface area contributed by atoms with Gasteiger partial charge in [-0.3, -0.25) is 4.90 Å². The highest BCUT2D eigenvalue weighted by Gasteiger charge is 2.25. The van der Waals surface area contributed by atoms with E-state index in [1.165, 1.54) is 18.2 Å². The third-order valence-electron chi connectivity index (χ3n) is 3.93. The zero-order valence-corrected chi connectivity index (χ0v) is 12.3. The summed E-state index contributed by atoms with van der Waals surface area (Å²) in [5.41, 5.74) is 0.507. The summed E-state index contributed by atoms with van der Waals surface area (Å²) in [6, 6.07) is 3.78. The smallest absolute Gasteiger partial charge is 0.128 e. The molecule has 1 aromatic rings.